The van der Waals surface area contributed by atoms with E-state index in [1.54, 1.807) is 12.1 Å². The summed E-state index contributed by atoms with van der Waals surface area (Å²) in [5.74, 6) is 0.908. The normalized spacial score (nSPS) is 10.5. The monoisotopic (exact) mass is 453 g/mol. The first-order valence-corrected chi connectivity index (χ1v) is 10.3. The third-order valence-electron chi connectivity index (χ3n) is 4.35. The van der Waals surface area contributed by atoms with Gasteiger partial charge in [-0.1, -0.05) is 42.0 Å². The van der Waals surface area contributed by atoms with Crippen molar-refractivity contribution in [1.29, 1.82) is 0 Å². The molecular formula is C24H24BrNO3. The summed E-state index contributed by atoms with van der Waals surface area (Å²) >= 11 is 3.53. The van der Waals surface area contributed by atoms with Crippen molar-refractivity contribution in [2.45, 2.75) is 27.4 Å². The zero-order chi connectivity index (χ0) is 20.8. The minimum atomic E-state index is -0.206. The molecule has 3 aromatic carbocycles. The summed E-state index contributed by atoms with van der Waals surface area (Å²) in [6.45, 7) is 6.82. The van der Waals surface area contributed by atoms with Crippen LogP contribution in [0, 0.1) is 13.8 Å². The molecule has 3 aromatic rings. The van der Waals surface area contributed by atoms with Crippen molar-refractivity contribution in [1.82, 2.24) is 0 Å². The Labute approximate surface area is 180 Å². The molecule has 5 heteroatoms. The van der Waals surface area contributed by atoms with Crippen LogP contribution in [0.4, 0.5) is 5.69 Å². The highest BCUT2D eigenvalue weighted by molar-refractivity contribution is 9.10. The first-order valence-electron chi connectivity index (χ1n) is 9.49. The predicted octanol–water partition coefficient (Wildman–Crippen LogP) is 6.30. The smallest absolute Gasteiger partial charge is 0.255 e. The molecule has 0 aliphatic rings. The fourth-order valence-electron chi connectivity index (χ4n) is 2.87. The maximum Gasteiger partial charge on any atom is 0.255 e. The van der Waals surface area contributed by atoms with E-state index >= 15 is 0 Å². The van der Waals surface area contributed by atoms with Gasteiger partial charge in [-0.25, -0.2) is 0 Å². The van der Waals surface area contributed by atoms with Crippen molar-refractivity contribution in [3.05, 3.63) is 87.4 Å². The third kappa shape index (κ3) is 5.61. The molecule has 0 heterocycles. The van der Waals surface area contributed by atoms with E-state index < -0.39 is 0 Å². The summed E-state index contributed by atoms with van der Waals surface area (Å²) in [5.41, 5.74) is 4.59. The van der Waals surface area contributed by atoms with E-state index in [4.69, 9.17) is 9.47 Å². The zero-order valence-corrected chi connectivity index (χ0v) is 18.4. The molecule has 150 valence electrons. The van der Waals surface area contributed by atoms with Crippen LogP contribution in [0.2, 0.25) is 0 Å². The van der Waals surface area contributed by atoms with Crippen molar-refractivity contribution in [2.24, 2.45) is 0 Å². The van der Waals surface area contributed by atoms with Crippen LogP contribution in [-0.2, 0) is 6.61 Å². The third-order valence-corrected chi connectivity index (χ3v) is 4.94. The Hall–Kier alpha value is -2.79. The van der Waals surface area contributed by atoms with Crippen molar-refractivity contribution >= 4 is 27.5 Å². The van der Waals surface area contributed by atoms with Crippen LogP contribution in [0.1, 0.15) is 34.0 Å². The number of rotatable bonds is 7. The first-order chi connectivity index (χ1) is 14.0. The van der Waals surface area contributed by atoms with Crippen LogP contribution in [0.3, 0.4) is 0 Å². The van der Waals surface area contributed by atoms with Crippen LogP contribution < -0.4 is 14.8 Å². The number of anilines is 1. The Balaban J connectivity index is 1.81. The van der Waals surface area contributed by atoms with Crippen LogP contribution in [0.15, 0.2) is 65.1 Å². The fraction of sp³-hybridized carbons (Fsp3) is 0.208. The lowest BCUT2D eigenvalue weighted by atomic mass is 10.1. The number of halogens is 1. The van der Waals surface area contributed by atoms with Gasteiger partial charge in [0.1, 0.15) is 6.61 Å². The van der Waals surface area contributed by atoms with Crippen LogP contribution in [0.5, 0.6) is 11.5 Å². The van der Waals surface area contributed by atoms with Gasteiger partial charge in [-0.15, -0.1) is 0 Å². The number of benzene rings is 3. The summed E-state index contributed by atoms with van der Waals surface area (Å²) in [4.78, 5) is 12.7. The molecule has 3 rings (SSSR count). The van der Waals surface area contributed by atoms with E-state index in [0.29, 0.717) is 34.7 Å². The van der Waals surface area contributed by atoms with E-state index in [1.807, 2.05) is 50.2 Å². The van der Waals surface area contributed by atoms with Gasteiger partial charge in [-0.3, -0.25) is 4.79 Å². The minimum absolute atomic E-state index is 0.206. The number of amides is 1. The summed E-state index contributed by atoms with van der Waals surface area (Å²) in [7, 11) is 0. The molecule has 1 N–H and O–H groups in total. The fourth-order valence-corrected chi connectivity index (χ4v) is 3.42. The topological polar surface area (TPSA) is 47.6 Å². The first kappa shape index (κ1) is 20.9. The maximum atomic E-state index is 12.7. The average Bonchev–Trinajstić information content (AvgIpc) is 2.68. The molecule has 0 atom stereocenters. The summed E-state index contributed by atoms with van der Waals surface area (Å²) in [6, 6.07) is 19.3. The van der Waals surface area contributed by atoms with Gasteiger partial charge < -0.3 is 14.8 Å². The number of hydrogen-bond donors (Lipinski definition) is 1. The number of ether oxygens (including phenoxy) is 2. The molecule has 0 aliphatic heterocycles. The van der Waals surface area contributed by atoms with Gasteiger partial charge in [-0.2, -0.15) is 0 Å². The van der Waals surface area contributed by atoms with Crippen LogP contribution in [-0.4, -0.2) is 12.5 Å². The molecule has 0 fully saturated rings. The summed E-state index contributed by atoms with van der Waals surface area (Å²) < 4.78 is 12.4. The lowest BCUT2D eigenvalue weighted by Crippen LogP contribution is -2.13. The van der Waals surface area contributed by atoms with Gasteiger partial charge in [-0.05, 0) is 72.1 Å². The molecule has 0 spiro atoms. The Bertz CT molecular complexity index is 1000. The van der Waals surface area contributed by atoms with E-state index in [2.05, 4.69) is 40.3 Å². The van der Waals surface area contributed by atoms with Gasteiger partial charge in [0.25, 0.3) is 5.91 Å². The van der Waals surface area contributed by atoms with Crippen molar-refractivity contribution in [2.75, 3.05) is 11.9 Å². The van der Waals surface area contributed by atoms with E-state index in [9.17, 15) is 4.79 Å². The molecule has 0 aromatic heterocycles. The molecule has 1 amide bonds. The number of carbonyl (C=O) groups is 1. The molecule has 0 saturated carbocycles. The Kier molecular flexibility index (Phi) is 6.94. The molecule has 0 unspecified atom stereocenters. The predicted molar refractivity (Wildman–Crippen MR) is 120 cm³/mol. The standard InChI is InChI=1S/C24H24BrNO3/c1-4-28-22-14-19(24(27)26-20-7-5-6-17(3)12-20)13-21(25)23(22)29-15-18-10-8-16(2)9-11-18/h5-14H,4,15H2,1-3H3,(H,26,27). The second-order valence-electron chi connectivity index (χ2n) is 6.82. The SMILES string of the molecule is CCOc1cc(C(=O)Nc2cccc(C)c2)cc(Br)c1OCc1ccc(C)cc1. The summed E-state index contributed by atoms with van der Waals surface area (Å²) in [5, 5.41) is 2.92. The van der Waals surface area contributed by atoms with E-state index in [1.165, 1.54) is 5.56 Å². The van der Waals surface area contributed by atoms with Crippen molar-refractivity contribution < 1.29 is 14.3 Å². The molecule has 0 saturated heterocycles. The average molecular weight is 454 g/mol. The lowest BCUT2D eigenvalue weighted by Gasteiger charge is -2.16. The second-order valence-corrected chi connectivity index (χ2v) is 7.67. The molecule has 0 bridgehead atoms. The largest absolute Gasteiger partial charge is 0.490 e. The highest BCUT2D eigenvalue weighted by atomic mass is 79.9. The Morgan fingerprint density at radius 3 is 2.41 bits per heavy atom. The highest BCUT2D eigenvalue weighted by Gasteiger charge is 2.16. The van der Waals surface area contributed by atoms with Gasteiger partial charge in [0.2, 0.25) is 0 Å². The maximum absolute atomic E-state index is 12.7. The highest BCUT2D eigenvalue weighted by Crippen LogP contribution is 2.37. The second kappa shape index (κ2) is 9.61. The number of carbonyl (C=O) groups excluding carboxylic acids is 1. The van der Waals surface area contributed by atoms with Crippen LogP contribution >= 0.6 is 15.9 Å². The molecule has 0 radical (unpaired) electrons. The molecule has 4 nitrogen and oxygen atoms in total. The minimum Gasteiger partial charge on any atom is -0.490 e. The van der Waals surface area contributed by atoms with Gasteiger partial charge >= 0.3 is 0 Å². The van der Waals surface area contributed by atoms with Crippen molar-refractivity contribution in [3.8, 4) is 11.5 Å². The molecule has 0 aliphatic carbocycles. The van der Waals surface area contributed by atoms with Gasteiger partial charge in [0.15, 0.2) is 11.5 Å². The van der Waals surface area contributed by atoms with E-state index in [-0.39, 0.29) is 5.91 Å². The van der Waals surface area contributed by atoms with Gasteiger partial charge in [0, 0.05) is 11.3 Å². The number of nitrogens with one attached hydrogen (secondary N) is 1. The van der Waals surface area contributed by atoms with Gasteiger partial charge in [0.05, 0.1) is 11.1 Å². The van der Waals surface area contributed by atoms with Crippen molar-refractivity contribution in [3.63, 3.8) is 0 Å². The zero-order valence-electron chi connectivity index (χ0n) is 16.8. The molecular weight excluding hydrogens is 430 g/mol. The number of aryl methyl sites for hydroxylation is 2. The summed E-state index contributed by atoms with van der Waals surface area (Å²) in [6.07, 6.45) is 0. The number of hydrogen-bond acceptors (Lipinski definition) is 3. The van der Waals surface area contributed by atoms with E-state index in [0.717, 1.165) is 16.8 Å². The molecule has 29 heavy (non-hydrogen) atoms. The lowest BCUT2D eigenvalue weighted by molar-refractivity contribution is 0.102. The Morgan fingerprint density at radius 1 is 0.966 bits per heavy atom. The Morgan fingerprint density at radius 2 is 1.72 bits per heavy atom. The quantitative estimate of drug-likeness (QED) is 0.456. The van der Waals surface area contributed by atoms with Crippen LogP contribution in [0.25, 0.3) is 0 Å².